The maximum Gasteiger partial charge on any atom is 0.243 e. The summed E-state index contributed by atoms with van der Waals surface area (Å²) >= 11 is 0. The molecule has 0 radical (unpaired) electrons. The molecule has 1 aromatic rings. The van der Waals surface area contributed by atoms with Gasteiger partial charge in [-0.3, -0.25) is 5.43 Å². The lowest BCUT2D eigenvalue weighted by Gasteiger charge is -2.35. The summed E-state index contributed by atoms with van der Waals surface area (Å²) in [6, 6.07) is 0. The van der Waals surface area contributed by atoms with Crippen molar-refractivity contribution < 1.29 is 4.74 Å². The van der Waals surface area contributed by atoms with Gasteiger partial charge in [0.25, 0.3) is 0 Å². The van der Waals surface area contributed by atoms with Crippen molar-refractivity contribution in [2.75, 3.05) is 41.4 Å². The standard InChI is InChI=1S/C13H23N7O/c1-9-7-20(8-10(2)21-9)13-16-11(18-14)15-12(17-13)19-5-3-4-6-19/h9-10H,3-8,14H2,1-2H3,(H,15,16,17,18). The van der Waals surface area contributed by atoms with Gasteiger partial charge in [-0.1, -0.05) is 0 Å². The number of nitrogens with one attached hydrogen (secondary N) is 1. The molecule has 1 aromatic heterocycles. The van der Waals surface area contributed by atoms with Crippen molar-refractivity contribution in [2.24, 2.45) is 5.84 Å². The summed E-state index contributed by atoms with van der Waals surface area (Å²) in [7, 11) is 0. The van der Waals surface area contributed by atoms with Crippen LogP contribution in [0, 0.1) is 0 Å². The molecule has 3 rings (SSSR count). The minimum atomic E-state index is 0.162. The zero-order chi connectivity index (χ0) is 14.8. The van der Waals surface area contributed by atoms with E-state index < -0.39 is 0 Å². The Morgan fingerprint density at radius 1 is 1.00 bits per heavy atom. The smallest absolute Gasteiger partial charge is 0.243 e. The quantitative estimate of drug-likeness (QED) is 0.610. The Morgan fingerprint density at radius 3 is 2.14 bits per heavy atom. The lowest BCUT2D eigenvalue weighted by atomic mass is 10.2. The van der Waals surface area contributed by atoms with Gasteiger partial charge in [0.15, 0.2) is 0 Å². The Hall–Kier alpha value is -1.67. The average Bonchev–Trinajstić information content (AvgIpc) is 3.00. The number of hydrazine groups is 1. The summed E-state index contributed by atoms with van der Waals surface area (Å²) in [4.78, 5) is 17.7. The van der Waals surface area contributed by atoms with Crippen LogP contribution in [0.1, 0.15) is 26.7 Å². The first-order chi connectivity index (χ1) is 10.2. The van der Waals surface area contributed by atoms with E-state index in [4.69, 9.17) is 10.6 Å². The van der Waals surface area contributed by atoms with Gasteiger partial charge in [-0.05, 0) is 26.7 Å². The number of nitrogens with two attached hydrogens (primary N) is 1. The summed E-state index contributed by atoms with van der Waals surface area (Å²) in [6.45, 7) is 7.66. The largest absolute Gasteiger partial charge is 0.372 e. The molecular weight excluding hydrogens is 270 g/mol. The second-order valence-electron chi connectivity index (χ2n) is 5.76. The normalized spacial score (nSPS) is 26.2. The molecule has 0 amide bonds. The fraction of sp³-hybridized carbons (Fsp3) is 0.769. The number of morpholine rings is 1. The molecule has 2 saturated heterocycles. The third-order valence-corrected chi connectivity index (χ3v) is 3.83. The van der Waals surface area contributed by atoms with Gasteiger partial charge >= 0.3 is 0 Å². The second-order valence-corrected chi connectivity index (χ2v) is 5.76. The number of anilines is 3. The highest BCUT2D eigenvalue weighted by molar-refractivity contribution is 5.45. The maximum absolute atomic E-state index is 5.76. The molecule has 0 bridgehead atoms. The molecule has 2 unspecified atom stereocenters. The number of rotatable bonds is 3. The molecular formula is C13H23N7O. The van der Waals surface area contributed by atoms with E-state index in [2.05, 4.69) is 44.0 Å². The number of nitrogen functional groups attached to an aromatic ring is 1. The van der Waals surface area contributed by atoms with Crippen molar-refractivity contribution in [3.63, 3.8) is 0 Å². The molecule has 2 aliphatic rings. The molecule has 3 heterocycles. The SMILES string of the molecule is CC1CN(c2nc(NN)nc(N3CCCC3)n2)CC(C)O1. The van der Waals surface area contributed by atoms with Crippen LogP contribution in [0.2, 0.25) is 0 Å². The van der Waals surface area contributed by atoms with Gasteiger partial charge in [0.05, 0.1) is 12.2 Å². The molecule has 8 nitrogen and oxygen atoms in total. The monoisotopic (exact) mass is 293 g/mol. The first-order valence-electron chi connectivity index (χ1n) is 7.54. The van der Waals surface area contributed by atoms with Crippen LogP contribution in [-0.4, -0.2) is 53.3 Å². The lowest BCUT2D eigenvalue weighted by Crippen LogP contribution is -2.46. The number of nitrogens with zero attached hydrogens (tertiary/aromatic N) is 5. The third-order valence-electron chi connectivity index (χ3n) is 3.83. The van der Waals surface area contributed by atoms with E-state index in [-0.39, 0.29) is 12.2 Å². The second kappa shape index (κ2) is 5.98. The maximum atomic E-state index is 5.76. The highest BCUT2D eigenvalue weighted by atomic mass is 16.5. The molecule has 8 heteroatoms. The number of ether oxygens (including phenoxy) is 1. The van der Waals surface area contributed by atoms with Crippen molar-refractivity contribution in [2.45, 2.75) is 38.9 Å². The van der Waals surface area contributed by atoms with Crippen LogP contribution < -0.4 is 21.1 Å². The highest BCUT2D eigenvalue weighted by Gasteiger charge is 2.26. The first-order valence-corrected chi connectivity index (χ1v) is 7.54. The minimum Gasteiger partial charge on any atom is -0.372 e. The molecule has 3 N–H and O–H groups in total. The van der Waals surface area contributed by atoms with E-state index in [0.717, 1.165) is 26.2 Å². The van der Waals surface area contributed by atoms with E-state index in [9.17, 15) is 0 Å². The lowest BCUT2D eigenvalue weighted by molar-refractivity contribution is -0.00572. The molecule has 0 saturated carbocycles. The summed E-state index contributed by atoms with van der Waals surface area (Å²) < 4.78 is 5.76. The van der Waals surface area contributed by atoms with Gasteiger partial charge < -0.3 is 14.5 Å². The van der Waals surface area contributed by atoms with Crippen molar-refractivity contribution in [1.29, 1.82) is 0 Å². The zero-order valence-corrected chi connectivity index (χ0v) is 12.6. The molecule has 116 valence electrons. The molecule has 2 aliphatic heterocycles. The topological polar surface area (TPSA) is 92.4 Å². The van der Waals surface area contributed by atoms with Gasteiger partial charge in [-0.15, -0.1) is 0 Å². The van der Waals surface area contributed by atoms with E-state index in [1.54, 1.807) is 0 Å². The van der Waals surface area contributed by atoms with Gasteiger partial charge in [-0.25, -0.2) is 5.84 Å². The van der Waals surface area contributed by atoms with E-state index in [1.807, 2.05) is 0 Å². The van der Waals surface area contributed by atoms with Gasteiger partial charge in [-0.2, -0.15) is 15.0 Å². The van der Waals surface area contributed by atoms with Crippen LogP contribution in [-0.2, 0) is 4.74 Å². The van der Waals surface area contributed by atoms with Crippen molar-refractivity contribution in [1.82, 2.24) is 15.0 Å². The van der Waals surface area contributed by atoms with Crippen molar-refractivity contribution in [3.05, 3.63) is 0 Å². The van der Waals surface area contributed by atoms with Crippen molar-refractivity contribution in [3.8, 4) is 0 Å². The van der Waals surface area contributed by atoms with Crippen LogP contribution in [0.3, 0.4) is 0 Å². The zero-order valence-electron chi connectivity index (χ0n) is 12.6. The Balaban J connectivity index is 1.88. The number of aromatic nitrogens is 3. The van der Waals surface area contributed by atoms with Gasteiger partial charge in [0, 0.05) is 26.2 Å². The summed E-state index contributed by atoms with van der Waals surface area (Å²) in [6.07, 6.45) is 2.68. The third kappa shape index (κ3) is 3.16. The molecule has 0 spiro atoms. The van der Waals surface area contributed by atoms with Gasteiger partial charge in [0.1, 0.15) is 0 Å². The van der Waals surface area contributed by atoms with E-state index in [0.29, 0.717) is 17.8 Å². The fourth-order valence-corrected chi connectivity index (χ4v) is 2.96. The fourth-order valence-electron chi connectivity index (χ4n) is 2.96. The Labute approximate surface area is 124 Å². The Kier molecular flexibility index (Phi) is 4.07. The molecule has 21 heavy (non-hydrogen) atoms. The predicted molar refractivity (Wildman–Crippen MR) is 81.3 cm³/mol. The summed E-state index contributed by atoms with van der Waals surface area (Å²) in [5, 5.41) is 0. The molecule has 2 atom stereocenters. The van der Waals surface area contributed by atoms with Crippen LogP contribution in [0.25, 0.3) is 0 Å². The predicted octanol–water partition coefficient (Wildman–Crippen LogP) is 0.371. The minimum absolute atomic E-state index is 0.162. The van der Waals surface area contributed by atoms with Crippen LogP contribution in [0.5, 0.6) is 0 Å². The summed E-state index contributed by atoms with van der Waals surface area (Å²) in [5.74, 6) is 7.29. The van der Waals surface area contributed by atoms with Crippen molar-refractivity contribution >= 4 is 17.8 Å². The number of hydrogen-bond donors (Lipinski definition) is 2. The summed E-state index contributed by atoms with van der Waals surface area (Å²) in [5.41, 5.74) is 2.55. The van der Waals surface area contributed by atoms with Crippen LogP contribution in [0.15, 0.2) is 0 Å². The van der Waals surface area contributed by atoms with E-state index in [1.165, 1.54) is 12.8 Å². The first kappa shape index (κ1) is 14.3. The molecule has 2 fully saturated rings. The van der Waals surface area contributed by atoms with E-state index >= 15 is 0 Å². The average molecular weight is 293 g/mol. The Morgan fingerprint density at radius 2 is 1.57 bits per heavy atom. The van der Waals surface area contributed by atoms with Crippen LogP contribution >= 0.6 is 0 Å². The molecule has 0 aromatic carbocycles. The van der Waals surface area contributed by atoms with Crippen LogP contribution in [0.4, 0.5) is 17.8 Å². The Bertz CT molecular complexity index is 481. The highest BCUT2D eigenvalue weighted by Crippen LogP contribution is 2.22. The number of hydrogen-bond acceptors (Lipinski definition) is 8. The molecule has 0 aliphatic carbocycles. The van der Waals surface area contributed by atoms with Gasteiger partial charge in [0.2, 0.25) is 17.8 Å².